The third kappa shape index (κ3) is 2.66. The fourth-order valence-corrected chi connectivity index (χ4v) is 2.21. The Hall–Kier alpha value is -2.31. The molecule has 0 spiro atoms. The van der Waals surface area contributed by atoms with Crippen LogP contribution in [0.2, 0.25) is 5.02 Å². The van der Waals surface area contributed by atoms with Crippen LogP contribution in [0, 0.1) is 11.3 Å². The summed E-state index contributed by atoms with van der Waals surface area (Å²) in [6, 6.07) is 12.4. The second kappa shape index (κ2) is 5.77. The van der Waals surface area contributed by atoms with Crippen LogP contribution in [0.15, 0.2) is 54.7 Å². The molecule has 0 radical (unpaired) electrons. The van der Waals surface area contributed by atoms with Crippen LogP contribution >= 0.6 is 11.6 Å². The van der Waals surface area contributed by atoms with Gasteiger partial charge in [-0.3, -0.25) is 4.79 Å². The van der Waals surface area contributed by atoms with E-state index in [1.807, 2.05) is 12.1 Å². The molecule has 0 saturated carbocycles. The molecule has 1 aromatic carbocycles. The average Bonchev–Trinajstić information content (AvgIpc) is 2.89. The fourth-order valence-electron chi connectivity index (χ4n) is 2.08. The van der Waals surface area contributed by atoms with E-state index in [0.717, 1.165) is 5.56 Å². The average molecular weight is 285 g/mol. The van der Waals surface area contributed by atoms with Gasteiger partial charge in [0.25, 0.3) is 0 Å². The van der Waals surface area contributed by atoms with Crippen LogP contribution in [-0.4, -0.2) is 10.4 Å². The lowest BCUT2D eigenvalue weighted by Gasteiger charge is -2.21. The highest BCUT2D eigenvalue weighted by atomic mass is 35.5. The van der Waals surface area contributed by atoms with Crippen molar-refractivity contribution in [3.63, 3.8) is 0 Å². The first-order valence-corrected chi connectivity index (χ1v) is 6.44. The Balaban J connectivity index is 2.57. The predicted molar refractivity (Wildman–Crippen MR) is 78.6 cm³/mol. The van der Waals surface area contributed by atoms with E-state index < -0.39 is 6.04 Å². The number of ketones is 1. The van der Waals surface area contributed by atoms with E-state index in [9.17, 15) is 4.79 Å². The second-order valence-corrected chi connectivity index (χ2v) is 4.88. The molecule has 0 unspecified atom stereocenters. The molecule has 2 rings (SSSR count). The number of Topliss-reactive ketones (excluding diaryl/α,β-unsaturated/α-hetero) is 1. The third-order valence-corrected chi connectivity index (χ3v) is 3.39. The van der Waals surface area contributed by atoms with Crippen molar-refractivity contribution in [3.05, 3.63) is 71.0 Å². The Morgan fingerprint density at radius 1 is 1.35 bits per heavy atom. The molecule has 0 bridgehead atoms. The number of allylic oxidation sites excluding steroid dienone is 1. The molecule has 0 saturated heterocycles. The summed E-state index contributed by atoms with van der Waals surface area (Å²) in [5, 5.41) is 9.78. The number of hydrogen-bond acceptors (Lipinski definition) is 2. The first kappa shape index (κ1) is 14.1. The van der Waals surface area contributed by atoms with E-state index in [1.165, 1.54) is 6.92 Å². The van der Waals surface area contributed by atoms with Crippen LogP contribution in [0.4, 0.5) is 0 Å². The first-order chi connectivity index (χ1) is 9.54. The molecule has 100 valence electrons. The maximum Gasteiger partial charge on any atom is 0.157 e. The van der Waals surface area contributed by atoms with Crippen molar-refractivity contribution in [2.75, 3.05) is 0 Å². The van der Waals surface area contributed by atoms with Gasteiger partial charge in [-0.25, -0.2) is 0 Å². The SMILES string of the molecule is C=C(C(C)=O)[C@@H](c1ccc(Cl)cc1)n1cccc1C#N. The summed E-state index contributed by atoms with van der Waals surface area (Å²) in [5.41, 5.74) is 1.77. The van der Waals surface area contributed by atoms with Crippen molar-refractivity contribution in [1.29, 1.82) is 5.26 Å². The predicted octanol–water partition coefficient (Wildman–Crippen LogP) is 3.75. The van der Waals surface area contributed by atoms with Gasteiger partial charge >= 0.3 is 0 Å². The molecule has 0 aliphatic carbocycles. The van der Waals surface area contributed by atoms with Crippen LogP contribution in [0.3, 0.4) is 0 Å². The van der Waals surface area contributed by atoms with Gasteiger partial charge in [0.1, 0.15) is 11.8 Å². The first-order valence-electron chi connectivity index (χ1n) is 6.06. The van der Waals surface area contributed by atoms with Crippen LogP contribution in [0.25, 0.3) is 0 Å². The monoisotopic (exact) mass is 284 g/mol. The zero-order valence-electron chi connectivity index (χ0n) is 11.0. The van der Waals surface area contributed by atoms with Crippen molar-refractivity contribution in [1.82, 2.24) is 4.57 Å². The molecule has 0 aliphatic rings. The topological polar surface area (TPSA) is 45.8 Å². The standard InChI is InChI=1S/C16H13ClN2O/c1-11(12(2)20)16(13-5-7-14(17)8-6-13)19-9-3-4-15(19)10-18/h3-9,16H,1H2,2H3/t16-/m0/s1. The summed E-state index contributed by atoms with van der Waals surface area (Å²) in [4.78, 5) is 11.7. The zero-order chi connectivity index (χ0) is 14.7. The van der Waals surface area contributed by atoms with Gasteiger partial charge in [-0.1, -0.05) is 30.3 Å². The van der Waals surface area contributed by atoms with Gasteiger partial charge in [0, 0.05) is 16.8 Å². The van der Waals surface area contributed by atoms with Gasteiger partial charge in [-0.15, -0.1) is 0 Å². The van der Waals surface area contributed by atoms with Gasteiger partial charge in [-0.2, -0.15) is 5.26 Å². The smallest absolute Gasteiger partial charge is 0.157 e. The van der Waals surface area contributed by atoms with Crippen LogP contribution in [0.1, 0.15) is 24.2 Å². The maximum atomic E-state index is 11.7. The fraction of sp³-hybridized carbons (Fsp3) is 0.125. The molecular weight excluding hydrogens is 272 g/mol. The number of nitrogens with zero attached hydrogens (tertiary/aromatic N) is 2. The molecule has 4 heteroatoms. The molecule has 0 N–H and O–H groups in total. The number of carbonyl (C=O) groups excluding carboxylic acids is 1. The Kier molecular flexibility index (Phi) is 4.07. The highest BCUT2D eigenvalue weighted by Gasteiger charge is 2.21. The third-order valence-electron chi connectivity index (χ3n) is 3.14. The number of halogens is 1. The summed E-state index contributed by atoms with van der Waals surface area (Å²) in [6.07, 6.45) is 1.77. The molecular formula is C16H13ClN2O. The molecule has 20 heavy (non-hydrogen) atoms. The molecule has 0 aliphatic heterocycles. The number of nitriles is 1. The van der Waals surface area contributed by atoms with E-state index in [2.05, 4.69) is 12.6 Å². The lowest BCUT2D eigenvalue weighted by atomic mass is 9.97. The number of carbonyl (C=O) groups is 1. The summed E-state index contributed by atoms with van der Waals surface area (Å²) < 4.78 is 1.74. The van der Waals surface area contributed by atoms with Crippen molar-refractivity contribution < 1.29 is 4.79 Å². The quantitative estimate of drug-likeness (QED) is 0.803. The number of hydrogen-bond donors (Lipinski definition) is 0. The molecule has 2 aromatic rings. The Morgan fingerprint density at radius 2 is 2.00 bits per heavy atom. The van der Waals surface area contributed by atoms with Crippen molar-refractivity contribution in [3.8, 4) is 6.07 Å². The molecule has 1 heterocycles. The van der Waals surface area contributed by atoms with E-state index >= 15 is 0 Å². The van der Waals surface area contributed by atoms with Crippen molar-refractivity contribution >= 4 is 17.4 Å². The number of aromatic nitrogens is 1. The van der Waals surface area contributed by atoms with Gasteiger partial charge in [0.05, 0.1) is 6.04 Å². The minimum atomic E-state index is -0.394. The summed E-state index contributed by atoms with van der Waals surface area (Å²) in [7, 11) is 0. The molecule has 0 fully saturated rings. The molecule has 1 atom stereocenters. The van der Waals surface area contributed by atoms with Crippen LogP contribution < -0.4 is 0 Å². The highest BCUT2D eigenvalue weighted by molar-refractivity contribution is 6.30. The van der Waals surface area contributed by atoms with Gasteiger partial charge in [-0.05, 0) is 36.8 Å². The Labute approximate surface area is 122 Å². The van der Waals surface area contributed by atoms with E-state index in [-0.39, 0.29) is 5.78 Å². The van der Waals surface area contributed by atoms with Crippen molar-refractivity contribution in [2.45, 2.75) is 13.0 Å². The van der Waals surface area contributed by atoms with E-state index in [0.29, 0.717) is 16.3 Å². The largest absolute Gasteiger partial charge is 0.328 e. The van der Waals surface area contributed by atoms with Gasteiger partial charge in [0.2, 0.25) is 0 Å². The Bertz CT molecular complexity index is 692. The highest BCUT2D eigenvalue weighted by Crippen LogP contribution is 2.28. The molecule has 3 nitrogen and oxygen atoms in total. The van der Waals surface area contributed by atoms with E-state index in [4.69, 9.17) is 16.9 Å². The molecule has 0 amide bonds. The van der Waals surface area contributed by atoms with Crippen LogP contribution in [0.5, 0.6) is 0 Å². The summed E-state index contributed by atoms with van der Waals surface area (Å²) in [5.74, 6) is -0.109. The maximum absolute atomic E-state index is 11.7. The lowest BCUT2D eigenvalue weighted by molar-refractivity contribution is -0.113. The lowest BCUT2D eigenvalue weighted by Crippen LogP contribution is -2.17. The van der Waals surface area contributed by atoms with E-state index in [1.54, 1.807) is 35.0 Å². The zero-order valence-corrected chi connectivity index (χ0v) is 11.8. The normalized spacial score (nSPS) is 11.7. The van der Waals surface area contributed by atoms with Crippen molar-refractivity contribution in [2.24, 2.45) is 0 Å². The van der Waals surface area contributed by atoms with Gasteiger partial charge in [0.15, 0.2) is 5.78 Å². The van der Waals surface area contributed by atoms with Gasteiger partial charge < -0.3 is 4.57 Å². The summed E-state index contributed by atoms with van der Waals surface area (Å²) in [6.45, 7) is 5.34. The molecule has 1 aromatic heterocycles. The Morgan fingerprint density at radius 3 is 2.55 bits per heavy atom. The second-order valence-electron chi connectivity index (χ2n) is 4.45. The summed E-state index contributed by atoms with van der Waals surface area (Å²) >= 11 is 5.89. The minimum absolute atomic E-state index is 0.109. The minimum Gasteiger partial charge on any atom is -0.328 e. The number of rotatable bonds is 4. The number of benzene rings is 1. The van der Waals surface area contributed by atoms with Crippen LogP contribution in [-0.2, 0) is 4.79 Å².